The third-order valence-corrected chi connectivity index (χ3v) is 2.32. The molecule has 1 atom stereocenters. The maximum absolute atomic E-state index is 11.0. The van der Waals surface area contributed by atoms with Crippen LogP contribution in [-0.2, 0) is 9.53 Å². The van der Waals surface area contributed by atoms with Crippen molar-refractivity contribution in [3.05, 3.63) is 29.8 Å². The van der Waals surface area contributed by atoms with E-state index in [4.69, 9.17) is 19.7 Å². The maximum Gasteiger partial charge on any atom is 0.313 e. The highest BCUT2D eigenvalue weighted by molar-refractivity contribution is 5.77. The molecule has 1 unspecified atom stereocenters. The van der Waals surface area contributed by atoms with E-state index in [2.05, 4.69) is 0 Å². The Labute approximate surface area is 99.6 Å². The molecule has 5 heteroatoms. The fourth-order valence-electron chi connectivity index (χ4n) is 1.44. The van der Waals surface area contributed by atoms with Gasteiger partial charge < -0.3 is 19.7 Å². The number of rotatable bonds is 7. The Morgan fingerprint density at radius 3 is 2.65 bits per heavy atom. The lowest BCUT2D eigenvalue weighted by Crippen LogP contribution is -2.17. The van der Waals surface area contributed by atoms with Gasteiger partial charge in [-0.1, -0.05) is 18.2 Å². The number of aliphatic hydroxyl groups is 1. The Balaban J connectivity index is 2.86. The van der Waals surface area contributed by atoms with E-state index >= 15 is 0 Å². The van der Waals surface area contributed by atoms with Crippen LogP contribution in [0.1, 0.15) is 11.5 Å². The number of carboxylic acids is 1. The standard InChI is InChI=1S/C12H16O5/c1-16-6-7-17-11-5-3-2-4-9(11)10(8-13)12(14)15/h2-5,10,13H,6-8H2,1H3,(H,14,15). The van der Waals surface area contributed by atoms with Crippen LogP contribution in [0.2, 0.25) is 0 Å². The van der Waals surface area contributed by atoms with Crippen LogP contribution in [0.5, 0.6) is 5.75 Å². The molecule has 17 heavy (non-hydrogen) atoms. The van der Waals surface area contributed by atoms with Crippen molar-refractivity contribution in [3.63, 3.8) is 0 Å². The predicted octanol–water partition coefficient (Wildman–Crippen LogP) is 0.872. The number of hydrogen-bond donors (Lipinski definition) is 2. The van der Waals surface area contributed by atoms with Gasteiger partial charge in [-0.25, -0.2) is 0 Å². The van der Waals surface area contributed by atoms with Crippen molar-refractivity contribution >= 4 is 5.97 Å². The molecule has 0 aliphatic carbocycles. The molecule has 2 N–H and O–H groups in total. The van der Waals surface area contributed by atoms with Crippen LogP contribution in [0.25, 0.3) is 0 Å². The first-order valence-corrected chi connectivity index (χ1v) is 5.25. The van der Waals surface area contributed by atoms with Crippen molar-refractivity contribution in [1.29, 1.82) is 0 Å². The van der Waals surface area contributed by atoms with Crippen molar-refractivity contribution < 1.29 is 24.5 Å². The summed E-state index contributed by atoms with van der Waals surface area (Å²) < 4.78 is 10.3. The number of para-hydroxylation sites is 1. The zero-order valence-corrected chi connectivity index (χ0v) is 9.63. The first-order chi connectivity index (χ1) is 8.20. The molecule has 0 bridgehead atoms. The third-order valence-electron chi connectivity index (χ3n) is 2.32. The predicted molar refractivity (Wildman–Crippen MR) is 61.3 cm³/mol. The van der Waals surface area contributed by atoms with E-state index in [1.165, 1.54) is 0 Å². The maximum atomic E-state index is 11.0. The van der Waals surface area contributed by atoms with Crippen molar-refractivity contribution in [2.75, 3.05) is 26.9 Å². The van der Waals surface area contributed by atoms with Gasteiger partial charge in [-0.3, -0.25) is 4.79 Å². The minimum atomic E-state index is -1.07. The first kappa shape index (κ1) is 13.5. The van der Waals surface area contributed by atoms with Crippen molar-refractivity contribution in [2.45, 2.75) is 5.92 Å². The number of carboxylic acid groups (broad SMARTS) is 1. The highest BCUT2D eigenvalue weighted by Crippen LogP contribution is 2.26. The molecule has 0 spiro atoms. The Morgan fingerprint density at radius 2 is 2.06 bits per heavy atom. The minimum absolute atomic E-state index is 0.339. The summed E-state index contributed by atoms with van der Waals surface area (Å²) in [6.07, 6.45) is 0. The molecule has 1 rings (SSSR count). The zero-order valence-electron chi connectivity index (χ0n) is 9.63. The number of methoxy groups -OCH3 is 1. The number of aliphatic hydroxyl groups excluding tert-OH is 1. The van der Waals surface area contributed by atoms with Crippen LogP contribution >= 0.6 is 0 Å². The normalized spacial score (nSPS) is 12.1. The fourth-order valence-corrected chi connectivity index (χ4v) is 1.44. The first-order valence-electron chi connectivity index (χ1n) is 5.25. The second-order valence-electron chi connectivity index (χ2n) is 3.45. The largest absolute Gasteiger partial charge is 0.491 e. The lowest BCUT2D eigenvalue weighted by molar-refractivity contribution is -0.139. The summed E-state index contributed by atoms with van der Waals surface area (Å²) in [6, 6.07) is 6.78. The highest BCUT2D eigenvalue weighted by atomic mass is 16.5. The molecule has 0 aliphatic rings. The summed E-state index contributed by atoms with van der Waals surface area (Å²) in [5, 5.41) is 18.1. The van der Waals surface area contributed by atoms with Gasteiger partial charge in [0.25, 0.3) is 0 Å². The van der Waals surface area contributed by atoms with Gasteiger partial charge >= 0.3 is 5.97 Å². The fraction of sp³-hybridized carbons (Fsp3) is 0.417. The lowest BCUT2D eigenvalue weighted by atomic mass is 9.99. The molecule has 0 saturated heterocycles. The average Bonchev–Trinajstić information content (AvgIpc) is 2.32. The van der Waals surface area contributed by atoms with Gasteiger partial charge in [-0.15, -0.1) is 0 Å². The molecule has 94 valence electrons. The highest BCUT2D eigenvalue weighted by Gasteiger charge is 2.22. The number of ether oxygens (including phenoxy) is 2. The Morgan fingerprint density at radius 1 is 1.35 bits per heavy atom. The summed E-state index contributed by atoms with van der Waals surface area (Å²) >= 11 is 0. The molecule has 0 radical (unpaired) electrons. The summed E-state index contributed by atoms with van der Waals surface area (Å²) in [6.45, 7) is 0.302. The van der Waals surface area contributed by atoms with Crippen molar-refractivity contribution in [2.24, 2.45) is 0 Å². The molecule has 0 amide bonds. The van der Waals surface area contributed by atoms with Crippen LogP contribution in [0.3, 0.4) is 0 Å². The second kappa shape index (κ2) is 6.88. The van der Waals surface area contributed by atoms with Crippen LogP contribution in [-0.4, -0.2) is 43.1 Å². The molecule has 5 nitrogen and oxygen atoms in total. The Bertz CT molecular complexity index is 364. The Kier molecular flexibility index (Phi) is 5.45. The number of carbonyl (C=O) groups is 1. The van der Waals surface area contributed by atoms with Gasteiger partial charge in [0.05, 0.1) is 13.2 Å². The van der Waals surface area contributed by atoms with Gasteiger partial charge in [0.1, 0.15) is 18.3 Å². The molecule has 1 aromatic carbocycles. The number of benzene rings is 1. The van der Waals surface area contributed by atoms with Crippen molar-refractivity contribution in [1.82, 2.24) is 0 Å². The topological polar surface area (TPSA) is 76.0 Å². The SMILES string of the molecule is COCCOc1ccccc1C(CO)C(=O)O. The number of aliphatic carboxylic acids is 1. The van der Waals surface area contributed by atoms with E-state index in [-0.39, 0.29) is 0 Å². The van der Waals surface area contributed by atoms with Gasteiger partial charge in [0.2, 0.25) is 0 Å². The summed E-state index contributed by atoms with van der Waals surface area (Å²) in [7, 11) is 1.56. The van der Waals surface area contributed by atoms with E-state index in [9.17, 15) is 4.79 Å². The van der Waals surface area contributed by atoms with E-state index in [0.29, 0.717) is 24.5 Å². The average molecular weight is 240 g/mol. The smallest absolute Gasteiger partial charge is 0.313 e. The van der Waals surface area contributed by atoms with E-state index < -0.39 is 18.5 Å². The molecule has 0 heterocycles. The molecule has 0 aliphatic heterocycles. The monoisotopic (exact) mass is 240 g/mol. The Hall–Kier alpha value is -1.59. The van der Waals surface area contributed by atoms with Crippen LogP contribution in [0.4, 0.5) is 0 Å². The van der Waals surface area contributed by atoms with Gasteiger partial charge in [0, 0.05) is 12.7 Å². The van der Waals surface area contributed by atoms with E-state index in [1.54, 1.807) is 31.4 Å². The second-order valence-corrected chi connectivity index (χ2v) is 3.45. The van der Waals surface area contributed by atoms with Crippen LogP contribution in [0.15, 0.2) is 24.3 Å². The van der Waals surface area contributed by atoms with Crippen molar-refractivity contribution in [3.8, 4) is 5.75 Å². The molecule has 1 aromatic rings. The zero-order chi connectivity index (χ0) is 12.7. The van der Waals surface area contributed by atoms with E-state index in [0.717, 1.165) is 0 Å². The van der Waals surface area contributed by atoms with Crippen LogP contribution in [0, 0.1) is 0 Å². The van der Waals surface area contributed by atoms with Gasteiger partial charge in [0.15, 0.2) is 0 Å². The molecular formula is C12H16O5. The summed E-state index contributed by atoms with van der Waals surface area (Å²) in [4.78, 5) is 11.0. The van der Waals surface area contributed by atoms with Gasteiger partial charge in [-0.05, 0) is 6.07 Å². The van der Waals surface area contributed by atoms with E-state index in [1.807, 2.05) is 0 Å². The minimum Gasteiger partial charge on any atom is -0.491 e. The third kappa shape index (κ3) is 3.72. The molecule has 0 fully saturated rings. The summed E-state index contributed by atoms with van der Waals surface area (Å²) in [5.41, 5.74) is 0.471. The van der Waals surface area contributed by atoms with Gasteiger partial charge in [-0.2, -0.15) is 0 Å². The summed E-state index contributed by atoms with van der Waals surface area (Å²) in [5.74, 6) is -1.57. The molecular weight excluding hydrogens is 224 g/mol. The molecule has 0 saturated carbocycles. The lowest BCUT2D eigenvalue weighted by Gasteiger charge is -2.15. The quantitative estimate of drug-likeness (QED) is 0.692. The van der Waals surface area contributed by atoms with Crippen LogP contribution < -0.4 is 4.74 Å². The molecule has 0 aromatic heterocycles. The number of hydrogen-bond acceptors (Lipinski definition) is 4.